The van der Waals surface area contributed by atoms with E-state index in [0.717, 1.165) is 15.8 Å². The van der Waals surface area contributed by atoms with Crippen molar-refractivity contribution in [3.8, 4) is 0 Å². The Hall–Kier alpha value is -2.81. The summed E-state index contributed by atoms with van der Waals surface area (Å²) in [6.45, 7) is 4.27. The summed E-state index contributed by atoms with van der Waals surface area (Å²) in [5.74, 6) is -0.771. The summed E-state index contributed by atoms with van der Waals surface area (Å²) in [7, 11) is 0. The molecule has 4 N–H and O–H groups in total. The first-order chi connectivity index (χ1) is 16.2. The van der Waals surface area contributed by atoms with Crippen LogP contribution in [0.3, 0.4) is 0 Å². The number of nitrogens with zero attached hydrogens (tertiary/aromatic N) is 1. The summed E-state index contributed by atoms with van der Waals surface area (Å²) in [4.78, 5) is 40.1. The molecule has 4 rings (SSSR count). The zero-order valence-electron chi connectivity index (χ0n) is 18.6. The van der Waals surface area contributed by atoms with Gasteiger partial charge in [-0.3, -0.25) is 9.59 Å². The molecule has 0 fully saturated rings. The van der Waals surface area contributed by atoms with Crippen molar-refractivity contribution in [3.05, 3.63) is 68.5 Å². The molecule has 178 valence electrons. The molecule has 2 aromatic carbocycles. The summed E-state index contributed by atoms with van der Waals surface area (Å²) in [5, 5.41) is 6.99. The van der Waals surface area contributed by atoms with Crippen molar-refractivity contribution >= 4 is 62.5 Å². The van der Waals surface area contributed by atoms with E-state index in [0.29, 0.717) is 26.9 Å². The van der Waals surface area contributed by atoms with Crippen molar-refractivity contribution in [2.75, 3.05) is 6.54 Å². The van der Waals surface area contributed by atoms with Gasteiger partial charge >= 0.3 is 6.03 Å². The van der Waals surface area contributed by atoms with Gasteiger partial charge in [-0.1, -0.05) is 67.4 Å². The van der Waals surface area contributed by atoms with Crippen LogP contribution in [-0.4, -0.2) is 35.3 Å². The van der Waals surface area contributed by atoms with Crippen molar-refractivity contribution in [2.24, 2.45) is 11.7 Å². The van der Waals surface area contributed by atoms with Crippen molar-refractivity contribution in [3.63, 3.8) is 0 Å². The van der Waals surface area contributed by atoms with Gasteiger partial charge in [-0.05, 0) is 29.2 Å². The Morgan fingerprint density at radius 1 is 1.12 bits per heavy atom. The van der Waals surface area contributed by atoms with E-state index in [1.807, 2.05) is 50.2 Å². The summed E-state index contributed by atoms with van der Waals surface area (Å²) in [5.41, 5.74) is 7.10. The molecule has 1 aliphatic heterocycles. The van der Waals surface area contributed by atoms with Gasteiger partial charge in [0, 0.05) is 23.2 Å². The van der Waals surface area contributed by atoms with Gasteiger partial charge in [0.05, 0.1) is 16.1 Å². The minimum absolute atomic E-state index is 0.175. The van der Waals surface area contributed by atoms with Crippen LogP contribution in [-0.2, 0) is 11.3 Å². The lowest BCUT2D eigenvalue weighted by Crippen LogP contribution is -2.53. The Kier molecular flexibility index (Phi) is 7.02. The van der Waals surface area contributed by atoms with Crippen LogP contribution in [0.5, 0.6) is 0 Å². The van der Waals surface area contributed by atoms with Gasteiger partial charge in [-0.2, -0.15) is 0 Å². The SMILES string of the molecule is CC(C)[C@H](NC(N)=O)C(=O)NC1CN(C(=O)c2sc3cccc(Cl)c3c2Cl)Cc2ccccc21. The highest BCUT2D eigenvalue weighted by atomic mass is 35.5. The third-order valence-corrected chi connectivity index (χ3v) is 7.79. The zero-order chi connectivity index (χ0) is 24.6. The third kappa shape index (κ3) is 4.71. The van der Waals surface area contributed by atoms with Crippen LogP contribution in [0, 0.1) is 5.92 Å². The molecule has 1 unspecified atom stereocenters. The molecule has 0 radical (unpaired) electrons. The minimum Gasteiger partial charge on any atom is -0.352 e. The number of carbonyl (C=O) groups excluding carboxylic acids is 3. The fourth-order valence-corrected chi connectivity index (χ4v) is 6.11. The molecule has 0 spiro atoms. The maximum atomic E-state index is 13.6. The van der Waals surface area contributed by atoms with Crippen molar-refractivity contribution in [1.82, 2.24) is 15.5 Å². The van der Waals surface area contributed by atoms with Crippen LogP contribution in [0.25, 0.3) is 10.1 Å². The average molecular weight is 519 g/mol. The number of primary amides is 1. The van der Waals surface area contributed by atoms with Crippen LogP contribution >= 0.6 is 34.5 Å². The number of nitrogens with one attached hydrogen (secondary N) is 2. The first-order valence-electron chi connectivity index (χ1n) is 10.8. The fourth-order valence-electron chi connectivity index (χ4n) is 4.19. The van der Waals surface area contributed by atoms with Crippen LogP contribution in [0.4, 0.5) is 4.79 Å². The highest BCUT2D eigenvalue weighted by Gasteiger charge is 2.33. The molecule has 0 saturated heterocycles. The first-order valence-corrected chi connectivity index (χ1v) is 12.3. The van der Waals surface area contributed by atoms with Crippen molar-refractivity contribution in [1.29, 1.82) is 0 Å². The van der Waals surface area contributed by atoms with E-state index in [-0.39, 0.29) is 24.3 Å². The molecule has 34 heavy (non-hydrogen) atoms. The monoisotopic (exact) mass is 518 g/mol. The highest BCUT2D eigenvalue weighted by Crippen LogP contribution is 2.40. The number of fused-ring (bicyclic) bond motifs is 2. The number of thiophene rings is 1. The molecule has 0 saturated carbocycles. The minimum atomic E-state index is -0.796. The molecule has 1 aromatic heterocycles. The third-order valence-electron chi connectivity index (χ3n) is 5.85. The predicted molar refractivity (Wildman–Crippen MR) is 135 cm³/mol. The van der Waals surface area contributed by atoms with Gasteiger partial charge in [-0.15, -0.1) is 11.3 Å². The summed E-state index contributed by atoms with van der Waals surface area (Å²) < 4.78 is 0.834. The lowest BCUT2D eigenvalue weighted by Gasteiger charge is -2.36. The Labute approximate surface area is 211 Å². The van der Waals surface area contributed by atoms with Crippen molar-refractivity contribution < 1.29 is 14.4 Å². The molecule has 4 amide bonds. The number of hydrogen-bond donors (Lipinski definition) is 3. The number of nitrogens with two attached hydrogens (primary N) is 1. The molecule has 7 nitrogen and oxygen atoms in total. The predicted octanol–water partition coefficient (Wildman–Crippen LogP) is 4.71. The average Bonchev–Trinajstić information content (AvgIpc) is 3.14. The summed E-state index contributed by atoms with van der Waals surface area (Å²) in [6.07, 6.45) is 0. The molecule has 2 atom stereocenters. The maximum Gasteiger partial charge on any atom is 0.312 e. The van der Waals surface area contributed by atoms with E-state index >= 15 is 0 Å². The Balaban J connectivity index is 1.64. The Morgan fingerprint density at radius 2 is 1.85 bits per heavy atom. The second kappa shape index (κ2) is 9.82. The molecule has 0 bridgehead atoms. The van der Waals surface area contributed by atoms with E-state index in [4.69, 9.17) is 28.9 Å². The number of halogens is 2. The fraction of sp³-hybridized carbons (Fsp3) is 0.292. The number of rotatable bonds is 5. The number of benzene rings is 2. The number of urea groups is 1. The van der Waals surface area contributed by atoms with Gasteiger partial charge in [0.25, 0.3) is 5.91 Å². The highest BCUT2D eigenvalue weighted by molar-refractivity contribution is 7.21. The molecule has 3 aromatic rings. The smallest absolute Gasteiger partial charge is 0.312 e. The molecule has 0 aliphatic carbocycles. The Bertz CT molecular complexity index is 1280. The largest absolute Gasteiger partial charge is 0.352 e. The standard InChI is InChI=1S/C24H24Cl2N4O3S/c1-12(2)20(29-24(27)33)22(31)28-16-11-30(10-13-6-3-4-7-14(13)16)23(32)21-19(26)18-15(25)8-5-9-17(18)34-21/h3-9,12,16,20H,10-11H2,1-2H3,(H,28,31)(H3,27,29,33)/t16?,20-/m0/s1. The van der Waals surface area contributed by atoms with E-state index < -0.39 is 18.1 Å². The lowest BCUT2D eigenvalue weighted by molar-refractivity contribution is -0.124. The van der Waals surface area contributed by atoms with E-state index in [1.165, 1.54) is 11.3 Å². The number of hydrogen-bond acceptors (Lipinski definition) is 4. The lowest BCUT2D eigenvalue weighted by atomic mass is 9.94. The summed E-state index contributed by atoms with van der Waals surface area (Å²) in [6, 6.07) is 11.0. The van der Waals surface area contributed by atoms with E-state index in [9.17, 15) is 14.4 Å². The first kappa shape index (κ1) is 24.3. The van der Waals surface area contributed by atoms with Gasteiger partial charge in [-0.25, -0.2) is 4.79 Å². The van der Waals surface area contributed by atoms with Gasteiger partial charge < -0.3 is 21.3 Å². The molecular weight excluding hydrogens is 495 g/mol. The van der Waals surface area contributed by atoms with Crippen LogP contribution in [0.1, 0.15) is 40.7 Å². The quantitative estimate of drug-likeness (QED) is 0.455. The molecule has 10 heteroatoms. The second-order valence-electron chi connectivity index (χ2n) is 8.53. The topological polar surface area (TPSA) is 105 Å². The van der Waals surface area contributed by atoms with Crippen LogP contribution in [0.2, 0.25) is 10.0 Å². The van der Waals surface area contributed by atoms with E-state index in [1.54, 1.807) is 11.0 Å². The molecule has 2 heterocycles. The number of carbonyl (C=O) groups is 3. The van der Waals surface area contributed by atoms with Gasteiger partial charge in [0.1, 0.15) is 10.9 Å². The van der Waals surface area contributed by atoms with Crippen LogP contribution in [0.15, 0.2) is 42.5 Å². The zero-order valence-corrected chi connectivity index (χ0v) is 20.9. The van der Waals surface area contributed by atoms with Crippen molar-refractivity contribution in [2.45, 2.75) is 32.5 Å². The van der Waals surface area contributed by atoms with Gasteiger partial charge in [0.2, 0.25) is 5.91 Å². The summed E-state index contributed by atoms with van der Waals surface area (Å²) >= 11 is 14.2. The van der Waals surface area contributed by atoms with E-state index in [2.05, 4.69) is 10.6 Å². The molecular formula is C24H24Cl2N4O3S. The van der Waals surface area contributed by atoms with Gasteiger partial charge in [0.15, 0.2) is 0 Å². The number of amides is 4. The maximum absolute atomic E-state index is 13.6. The second-order valence-corrected chi connectivity index (χ2v) is 10.4. The molecule has 1 aliphatic rings. The normalized spacial score (nSPS) is 16.3. The Morgan fingerprint density at radius 3 is 2.53 bits per heavy atom. The van der Waals surface area contributed by atoms with Crippen LogP contribution < -0.4 is 16.4 Å².